The van der Waals surface area contributed by atoms with E-state index in [1.165, 1.54) is 12.1 Å². The Hall–Kier alpha value is -1.91. The number of nitrogens with one attached hydrogen (secondary N) is 1. The lowest BCUT2D eigenvalue weighted by Gasteiger charge is -2.18. The standard InChI is InChI=1S/C16H18FNO2/c1-11(14-7-2-3-8-15(14)19)18-10-16(20)12-5-4-6-13(17)9-12/h2-9,11,16,18-20H,10H2,1H3/t11-,16?/m1/s1. The van der Waals surface area contributed by atoms with E-state index in [1.54, 1.807) is 24.3 Å². The molecule has 0 amide bonds. The van der Waals surface area contributed by atoms with E-state index in [4.69, 9.17) is 0 Å². The van der Waals surface area contributed by atoms with Crippen molar-refractivity contribution in [2.75, 3.05) is 6.54 Å². The lowest BCUT2D eigenvalue weighted by Crippen LogP contribution is -2.24. The molecule has 2 aromatic carbocycles. The van der Waals surface area contributed by atoms with E-state index >= 15 is 0 Å². The summed E-state index contributed by atoms with van der Waals surface area (Å²) < 4.78 is 13.1. The van der Waals surface area contributed by atoms with Crippen molar-refractivity contribution in [2.45, 2.75) is 19.1 Å². The van der Waals surface area contributed by atoms with Gasteiger partial charge in [0.25, 0.3) is 0 Å². The molecule has 3 N–H and O–H groups in total. The Kier molecular flexibility index (Phi) is 4.71. The minimum atomic E-state index is -0.793. The summed E-state index contributed by atoms with van der Waals surface area (Å²) in [5.74, 6) is -0.150. The van der Waals surface area contributed by atoms with Crippen LogP contribution in [0.3, 0.4) is 0 Å². The zero-order valence-corrected chi connectivity index (χ0v) is 11.3. The fourth-order valence-corrected chi connectivity index (χ4v) is 2.08. The fourth-order valence-electron chi connectivity index (χ4n) is 2.08. The van der Waals surface area contributed by atoms with Gasteiger partial charge in [0.2, 0.25) is 0 Å². The average molecular weight is 275 g/mol. The molecule has 0 aliphatic carbocycles. The number of phenols is 1. The normalized spacial score (nSPS) is 13.9. The first-order valence-electron chi connectivity index (χ1n) is 6.52. The Labute approximate surface area is 117 Å². The van der Waals surface area contributed by atoms with E-state index in [-0.39, 0.29) is 24.2 Å². The van der Waals surface area contributed by atoms with Crippen molar-refractivity contribution < 1.29 is 14.6 Å². The van der Waals surface area contributed by atoms with Crippen LogP contribution in [0.15, 0.2) is 48.5 Å². The quantitative estimate of drug-likeness (QED) is 0.786. The van der Waals surface area contributed by atoms with Crippen LogP contribution in [0.5, 0.6) is 5.75 Å². The zero-order chi connectivity index (χ0) is 14.5. The Balaban J connectivity index is 1.97. The Morgan fingerprint density at radius 2 is 1.90 bits per heavy atom. The van der Waals surface area contributed by atoms with Crippen molar-refractivity contribution in [3.63, 3.8) is 0 Å². The molecule has 0 heterocycles. The number of rotatable bonds is 5. The first-order valence-corrected chi connectivity index (χ1v) is 6.52. The maximum absolute atomic E-state index is 13.1. The van der Waals surface area contributed by atoms with Crippen LogP contribution in [0, 0.1) is 5.82 Å². The summed E-state index contributed by atoms with van der Waals surface area (Å²) in [4.78, 5) is 0. The van der Waals surface area contributed by atoms with Crippen LogP contribution in [0.4, 0.5) is 4.39 Å². The van der Waals surface area contributed by atoms with Gasteiger partial charge >= 0.3 is 0 Å². The highest BCUT2D eigenvalue weighted by Gasteiger charge is 2.13. The number of phenolic OH excluding ortho intramolecular Hbond substituents is 1. The van der Waals surface area contributed by atoms with Gasteiger partial charge in [0.1, 0.15) is 11.6 Å². The van der Waals surface area contributed by atoms with Crippen LogP contribution in [-0.2, 0) is 0 Å². The SMILES string of the molecule is C[C@@H](NCC(O)c1cccc(F)c1)c1ccccc1O. The molecule has 2 rings (SSSR count). The molecular weight excluding hydrogens is 257 g/mol. The smallest absolute Gasteiger partial charge is 0.123 e. The summed E-state index contributed by atoms with van der Waals surface area (Å²) in [5.41, 5.74) is 1.29. The van der Waals surface area contributed by atoms with Crippen LogP contribution in [0.2, 0.25) is 0 Å². The lowest BCUT2D eigenvalue weighted by atomic mass is 10.1. The maximum atomic E-state index is 13.1. The molecule has 0 radical (unpaired) electrons. The van der Waals surface area contributed by atoms with Crippen molar-refractivity contribution in [3.05, 3.63) is 65.5 Å². The minimum absolute atomic E-state index is 0.112. The Bertz CT molecular complexity index is 574. The third-order valence-electron chi connectivity index (χ3n) is 3.25. The minimum Gasteiger partial charge on any atom is -0.508 e. The summed E-state index contributed by atoms with van der Waals surface area (Å²) in [6.45, 7) is 2.17. The molecule has 3 nitrogen and oxygen atoms in total. The molecule has 0 spiro atoms. The number of halogens is 1. The molecule has 1 unspecified atom stereocenters. The first kappa shape index (κ1) is 14.5. The van der Waals surface area contributed by atoms with Gasteiger partial charge in [-0.2, -0.15) is 0 Å². The Morgan fingerprint density at radius 1 is 1.15 bits per heavy atom. The molecule has 2 aromatic rings. The highest BCUT2D eigenvalue weighted by atomic mass is 19.1. The predicted molar refractivity (Wildman–Crippen MR) is 75.9 cm³/mol. The van der Waals surface area contributed by atoms with Gasteiger partial charge in [0.05, 0.1) is 6.10 Å². The highest BCUT2D eigenvalue weighted by Crippen LogP contribution is 2.23. The summed E-state index contributed by atoms with van der Waals surface area (Å²) in [6, 6.07) is 12.8. The molecule has 20 heavy (non-hydrogen) atoms. The number of aliphatic hydroxyl groups excluding tert-OH is 1. The molecular formula is C16H18FNO2. The lowest BCUT2D eigenvalue weighted by molar-refractivity contribution is 0.170. The number of hydrogen-bond acceptors (Lipinski definition) is 3. The van der Waals surface area contributed by atoms with Gasteiger partial charge in [-0.1, -0.05) is 30.3 Å². The number of para-hydroxylation sites is 1. The van der Waals surface area contributed by atoms with E-state index in [0.717, 1.165) is 5.56 Å². The van der Waals surface area contributed by atoms with Crippen molar-refractivity contribution in [1.82, 2.24) is 5.32 Å². The number of benzene rings is 2. The van der Waals surface area contributed by atoms with Crippen LogP contribution >= 0.6 is 0 Å². The van der Waals surface area contributed by atoms with Gasteiger partial charge in [-0.25, -0.2) is 4.39 Å². The first-order chi connectivity index (χ1) is 9.58. The largest absolute Gasteiger partial charge is 0.508 e. The van der Waals surface area contributed by atoms with Crippen molar-refractivity contribution in [3.8, 4) is 5.75 Å². The molecule has 0 aromatic heterocycles. The molecule has 0 bridgehead atoms. The van der Waals surface area contributed by atoms with Crippen molar-refractivity contribution in [2.24, 2.45) is 0 Å². The van der Waals surface area contributed by atoms with Crippen LogP contribution < -0.4 is 5.32 Å². The predicted octanol–water partition coefficient (Wildman–Crippen LogP) is 2.92. The molecule has 0 saturated carbocycles. The molecule has 0 aliphatic heterocycles. The van der Waals surface area contributed by atoms with Gasteiger partial charge in [-0.15, -0.1) is 0 Å². The number of aromatic hydroxyl groups is 1. The van der Waals surface area contributed by atoms with Crippen LogP contribution in [0.25, 0.3) is 0 Å². The Morgan fingerprint density at radius 3 is 2.60 bits per heavy atom. The van der Waals surface area contributed by atoms with Gasteiger partial charge < -0.3 is 15.5 Å². The molecule has 106 valence electrons. The molecule has 0 fully saturated rings. The van der Waals surface area contributed by atoms with E-state index in [1.807, 2.05) is 19.1 Å². The van der Waals surface area contributed by atoms with E-state index in [2.05, 4.69) is 5.32 Å². The second kappa shape index (κ2) is 6.50. The van der Waals surface area contributed by atoms with Gasteiger partial charge in [0.15, 0.2) is 0 Å². The summed E-state index contributed by atoms with van der Waals surface area (Å²) in [6.07, 6.45) is -0.793. The molecule has 2 atom stereocenters. The third kappa shape index (κ3) is 3.56. The fraction of sp³-hybridized carbons (Fsp3) is 0.250. The average Bonchev–Trinajstić information content (AvgIpc) is 2.45. The molecule has 4 heteroatoms. The van der Waals surface area contributed by atoms with Gasteiger partial charge in [-0.05, 0) is 30.7 Å². The van der Waals surface area contributed by atoms with Gasteiger partial charge in [0, 0.05) is 18.2 Å². The zero-order valence-electron chi connectivity index (χ0n) is 11.3. The van der Waals surface area contributed by atoms with E-state index in [9.17, 15) is 14.6 Å². The molecule has 0 saturated heterocycles. The third-order valence-corrected chi connectivity index (χ3v) is 3.25. The maximum Gasteiger partial charge on any atom is 0.123 e. The van der Waals surface area contributed by atoms with E-state index in [0.29, 0.717) is 5.56 Å². The second-order valence-corrected chi connectivity index (χ2v) is 4.76. The number of aliphatic hydroxyl groups is 1. The molecule has 0 aliphatic rings. The van der Waals surface area contributed by atoms with Crippen molar-refractivity contribution >= 4 is 0 Å². The summed E-state index contributed by atoms with van der Waals surface area (Å²) in [5, 5.41) is 22.9. The van der Waals surface area contributed by atoms with E-state index < -0.39 is 6.10 Å². The number of hydrogen-bond donors (Lipinski definition) is 3. The summed E-state index contributed by atoms with van der Waals surface area (Å²) >= 11 is 0. The van der Waals surface area contributed by atoms with Gasteiger partial charge in [-0.3, -0.25) is 0 Å². The van der Waals surface area contributed by atoms with Crippen LogP contribution in [-0.4, -0.2) is 16.8 Å². The highest BCUT2D eigenvalue weighted by molar-refractivity contribution is 5.34. The van der Waals surface area contributed by atoms with Crippen LogP contribution in [0.1, 0.15) is 30.2 Å². The summed E-state index contributed by atoms with van der Waals surface area (Å²) in [7, 11) is 0. The second-order valence-electron chi connectivity index (χ2n) is 4.76. The monoisotopic (exact) mass is 275 g/mol. The van der Waals surface area contributed by atoms with Crippen molar-refractivity contribution in [1.29, 1.82) is 0 Å². The topological polar surface area (TPSA) is 52.5 Å².